The second kappa shape index (κ2) is 5.16. The Morgan fingerprint density at radius 2 is 2.40 bits per heavy atom. The first-order valence-corrected chi connectivity index (χ1v) is 4.85. The molecule has 15 heavy (non-hydrogen) atoms. The average Bonchev–Trinajstić information content (AvgIpc) is 2.25. The molecule has 0 saturated heterocycles. The normalized spacial score (nSPS) is 9.40. The van der Waals surface area contributed by atoms with E-state index in [9.17, 15) is 4.79 Å². The summed E-state index contributed by atoms with van der Waals surface area (Å²) in [6, 6.07) is 3.67. The van der Waals surface area contributed by atoms with Gasteiger partial charge < -0.3 is 4.90 Å². The molecule has 1 heterocycles. The van der Waals surface area contributed by atoms with Crippen molar-refractivity contribution in [1.29, 1.82) is 0 Å². The van der Waals surface area contributed by atoms with Gasteiger partial charge in [0.15, 0.2) is 0 Å². The van der Waals surface area contributed by atoms with Gasteiger partial charge in [0.05, 0.1) is 6.54 Å². The third-order valence-corrected chi connectivity index (χ3v) is 2.16. The minimum absolute atomic E-state index is 0.103. The van der Waals surface area contributed by atoms with Crippen molar-refractivity contribution in [2.45, 2.75) is 13.8 Å². The lowest BCUT2D eigenvalue weighted by molar-refractivity contribution is 0.0778. The summed E-state index contributed by atoms with van der Waals surface area (Å²) in [5.74, 6) is 2.36. The topological polar surface area (TPSA) is 33.2 Å². The predicted octanol–water partition coefficient (Wildman–Crippen LogP) is 1.49. The number of aryl methyl sites for hydroxylation is 1. The molecule has 0 N–H and O–H groups in total. The average molecular weight is 202 g/mol. The number of nitrogens with zero attached hydrogens (tertiary/aromatic N) is 2. The van der Waals surface area contributed by atoms with E-state index in [0.29, 0.717) is 18.8 Å². The number of hydrogen-bond donors (Lipinski definition) is 0. The highest BCUT2D eigenvalue weighted by atomic mass is 16.2. The van der Waals surface area contributed by atoms with Gasteiger partial charge in [-0.15, -0.1) is 6.42 Å². The Morgan fingerprint density at radius 1 is 1.67 bits per heavy atom. The van der Waals surface area contributed by atoms with Crippen molar-refractivity contribution in [3.63, 3.8) is 0 Å². The van der Waals surface area contributed by atoms with Gasteiger partial charge in [0.1, 0.15) is 5.69 Å². The lowest BCUT2D eigenvalue weighted by Crippen LogP contribution is -2.32. The molecule has 0 bridgehead atoms. The van der Waals surface area contributed by atoms with Crippen molar-refractivity contribution in [3.05, 3.63) is 29.6 Å². The Balaban J connectivity index is 2.94. The van der Waals surface area contributed by atoms with Crippen molar-refractivity contribution in [2.75, 3.05) is 13.1 Å². The minimum Gasteiger partial charge on any atom is -0.326 e. The number of rotatable bonds is 3. The molecule has 78 valence electrons. The smallest absolute Gasteiger partial charge is 0.273 e. The largest absolute Gasteiger partial charge is 0.326 e. The van der Waals surface area contributed by atoms with Crippen LogP contribution in [0, 0.1) is 19.3 Å². The van der Waals surface area contributed by atoms with E-state index < -0.39 is 0 Å². The fourth-order valence-electron chi connectivity index (χ4n) is 1.30. The fraction of sp³-hybridized carbons (Fsp3) is 0.333. The number of pyridine rings is 1. The summed E-state index contributed by atoms with van der Waals surface area (Å²) in [5.41, 5.74) is 1.35. The van der Waals surface area contributed by atoms with Crippen molar-refractivity contribution in [2.24, 2.45) is 0 Å². The molecule has 1 amide bonds. The quantitative estimate of drug-likeness (QED) is 0.696. The highest BCUT2D eigenvalue weighted by Crippen LogP contribution is 2.06. The van der Waals surface area contributed by atoms with E-state index in [1.807, 2.05) is 26.0 Å². The Bertz CT molecular complexity index is 393. The minimum atomic E-state index is -0.103. The third kappa shape index (κ3) is 2.57. The van der Waals surface area contributed by atoms with Crippen LogP contribution in [-0.2, 0) is 0 Å². The van der Waals surface area contributed by atoms with E-state index in [1.165, 1.54) is 0 Å². The standard InChI is InChI=1S/C12H14N2O/c1-4-9-14(5-2)12(15)11-10(3)7-6-8-13-11/h1,6-8H,5,9H2,2-3H3. The molecule has 0 unspecified atom stereocenters. The van der Waals surface area contributed by atoms with Gasteiger partial charge >= 0.3 is 0 Å². The van der Waals surface area contributed by atoms with E-state index in [2.05, 4.69) is 10.9 Å². The first kappa shape index (κ1) is 11.3. The monoisotopic (exact) mass is 202 g/mol. The van der Waals surface area contributed by atoms with Crippen LogP contribution < -0.4 is 0 Å². The number of amides is 1. The van der Waals surface area contributed by atoms with Crippen LogP contribution in [0.25, 0.3) is 0 Å². The summed E-state index contributed by atoms with van der Waals surface area (Å²) < 4.78 is 0. The number of terminal acetylenes is 1. The highest BCUT2D eigenvalue weighted by Gasteiger charge is 2.15. The zero-order chi connectivity index (χ0) is 11.3. The molecule has 0 aliphatic heterocycles. The lowest BCUT2D eigenvalue weighted by atomic mass is 10.2. The van der Waals surface area contributed by atoms with Crippen LogP contribution >= 0.6 is 0 Å². The lowest BCUT2D eigenvalue weighted by Gasteiger charge is -2.18. The summed E-state index contributed by atoms with van der Waals surface area (Å²) in [6.45, 7) is 4.68. The number of hydrogen-bond acceptors (Lipinski definition) is 2. The molecule has 0 spiro atoms. The van der Waals surface area contributed by atoms with Crippen molar-refractivity contribution in [1.82, 2.24) is 9.88 Å². The number of carbonyl (C=O) groups excluding carboxylic acids is 1. The molecule has 0 fully saturated rings. The van der Waals surface area contributed by atoms with Crippen molar-refractivity contribution >= 4 is 5.91 Å². The zero-order valence-electron chi connectivity index (χ0n) is 9.03. The summed E-state index contributed by atoms with van der Waals surface area (Å²) in [7, 11) is 0. The van der Waals surface area contributed by atoms with Crippen LogP contribution in [0.15, 0.2) is 18.3 Å². The molecular weight excluding hydrogens is 188 g/mol. The van der Waals surface area contributed by atoms with Gasteiger partial charge in [-0.25, -0.2) is 0 Å². The van der Waals surface area contributed by atoms with Crippen LogP contribution in [0.3, 0.4) is 0 Å². The van der Waals surface area contributed by atoms with E-state index in [0.717, 1.165) is 5.56 Å². The number of aromatic nitrogens is 1. The molecule has 3 nitrogen and oxygen atoms in total. The molecule has 0 saturated carbocycles. The first-order chi connectivity index (χ1) is 7.20. The molecular formula is C12H14N2O. The van der Waals surface area contributed by atoms with Crippen molar-refractivity contribution in [3.8, 4) is 12.3 Å². The molecule has 1 rings (SSSR count). The first-order valence-electron chi connectivity index (χ1n) is 4.85. The van der Waals surface area contributed by atoms with Gasteiger partial charge in [-0.3, -0.25) is 9.78 Å². The molecule has 0 atom stereocenters. The Labute approximate surface area is 90.1 Å². The Morgan fingerprint density at radius 3 is 2.93 bits per heavy atom. The third-order valence-electron chi connectivity index (χ3n) is 2.16. The summed E-state index contributed by atoms with van der Waals surface area (Å²) in [4.78, 5) is 17.6. The molecule has 0 radical (unpaired) electrons. The maximum Gasteiger partial charge on any atom is 0.273 e. The summed E-state index contributed by atoms with van der Waals surface area (Å²) >= 11 is 0. The van der Waals surface area contributed by atoms with Crippen LogP contribution in [0.5, 0.6) is 0 Å². The van der Waals surface area contributed by atoms with Gasteiger partial charge in [-0.05, 0) is 25.5 Å². The van der Waals surface area contributed by atoms with Gasteiger partial charge in [0, 0.05) is 12.7 Å². The summed E-state index contributed by atoms with van der Waals surface area (Å²) in [6.07, 6.45) is 6.81. The van der Waals surface area contributed by atoms with E-state index in [4.69, 9.17) is 6.42 Å². The predicted molar refractivity (Wildman–Crippen MR) is 59.4 cm³/mol. The van der Waals surface area contributed by atoms with Crippen LogP contribution in [0.2, 0.25) is 0 Å². The molecule has 0 aromatic carbocycles. The highest BCUT2D eigenvalue weighted by molar-refractivity contribution is 5.93. The maximum atomic E-state index is 12.0. The maximum absolute atomic E-state index is 12.0. The van der Waals surface area contributed by atoms with Gasteiger partial charge in [-0.1, -0.05) is 12.0 Å². The molecule has 0 aliphatic rings. The van der Waals surface area contributed by atoms with Crippen LogP contribution in [-0.4, -0.2) is 28.9 Å². The van der Waals surface area contributed by atoms with Gasteiger partial charge in [-0.2, -0.15) is 0 Å². The van der Waals surface area contributed by atoms with E-state index in [1.54, 1.807) is 11.1 Å². The number of carbonyl (C=O) groups is 1. The van der Waals surface area contributed by atoms with E-state index in [-0.39, 0.29) is 5.91 Å². The summed E-state index contributed by atoms with van der Waals surface area (Å²) in [5, 5.41) is 0. The fourth-order valence-corrected chi connectivity index (χ4v) is 1.30. The zero-order valence-corrected chi connectivity index (χ0v) is 9.03. The van der Waals surface area contributed by atoms with E-state index >= 15 is 0 Å². The molecule has 1 aromatic heterocycles. The van der Waals surface area contributed by atoms with Gasteiger partial charge in [0.25, 0.3) is 5.91 Å². The SMILES string of the molecule is C#CCN(CC)C(=O)c1ncccc1C. The second-order valence-electron chi connectivity index (χ2n) is 3.19. The molecule has 1 aromatic rings. The molecule has 3 heteroatoms. The Kier molecular flexibility index (Phi) is 3.87. The van der Waals surface area contributed by atoms with Crippen LogP contribution in [0.4, 0.5) is 0 Å². The van der Waals surface area contributed by atoms with Gasteiger partial charge in [0.2, 0.25) is 0 Å². The Hall–Kier alpha value is -1.82. The molecule has 0 aliphatic carbocycles. The second-order valence-corrected chi connectivity index (χ2v) is 3.19. The van der Waals surface area contributed by atoms with Crippen molar-refractivity contribution < 1.29 is 4.79 Å². The van der Waals surface area contributed by atoms with Crippen LogP contribution in [0.1, 0.15) is 23.0 Å².